The van der Waals surface area contributed by atoms with Gasteiger partial charge in [-0.15, -0.1) is 0 Å². The van der Waals surface area contributed by atoms with Gasteiger partial charge in [-0.25, -0.2) is 9.67 Å². The van der Waals surface area contributed by atoms with Crippen molar-refractivity contribution in [2.45, 2.75) is 19.4 Å². The fraction of sp³-hybridized carbons (Fsp3) is 0.385. The predicted molar refractivity (Wildman–Crippen MR) is 69.4 cm³/mol. The van der Waals surface area contributed by atoms with Crippen LogP contribution in [0.5, 0.6) is 0 Å². The maximum absolute atomic E-state index is 9.20. The molecule has 0 saturated carbocycles. The van der Waals surface area contributed by atoms with Gasteiger partial charge in [0.05, 0.1) is 0 Å². The summed E-state index contributed by atoms with van der Waals surface area (Å²) >= 11 is 5.97. The fourth-order valence-corrected chi connectivity index (χ4v) is 2.46. The lowest BCUT2D eigenvalue weighted by Crippen LogP contribution is -2.23. The molecular formula is C13H14ClN3O. The van der Waals surface area contributed by atoms with E-state index in [2.05, 4.69) is 10.1 Å². The van der Waals surface area contributed by atoms with E-state index in [1.54, 1.807) is 0 Å². The lowest BCUT2D eigenvalue weighted by atomic mass is 10.0. The first-order valence-electron chi connectivity index (χ1n) is 6.07. The number of halogens is 1. The van der Waals surface area contributed by atoms with Crippen LogP contribution in [0.25, 0.3) is 11.4 Å². The molecule has 1 unspecified atom stereocenters. The van der Waals surface area contributed by atoms with Crippen molar-refractivity contribution < 1.29 is 5.11 Å². The Kier molecular flexibility index (Phi) is 3.06. The average Bonchev–Trinajstić information content (AvgIpc) is 2.81. The molecule has 1 aliphatic rings. The van der Waals surface area contributed by atoms with E-state index >= 15 is 0 Å². The molecule has 18 heavy (non-hydrogen) atoms. The van der Waals surface area contributed by atoms with Crippen LogP contribution in [0.2, 0.25) is 5.02 Å². The van der Waals surface area contributed by atoms with Gasteiger partial charge < -0.3 is 5.11 Å². The average molecular weight is 264 g/mol. The topological polar surface area (TPSA) is 50.9 Å². The number of rotatable bonds is 2. The van der Waals surface area contributed by atoms with Crippen LogP contribution < -0.4 is 0 Å². The third kappa shape index (κ3) is 2.13. The number of nitrogens with zero attached hydrogens (tertiary/aromatic N) is 3. The Morgan fingerprint density at radius 1 is 1.44 bits per heavy atom. The first-order chi connectivity index (χ1) is 8.76. The molecule has 1 aliphatic heterocycles. The number of aromatic nitrogens is 3. The van der Waals surface area contributed by atoms with Crippen molar-refractivity contribution in [2.75, 3.05) is 6.61 Å². The Bertz CT molecular complexity index is 567. The molecular weight excluding hydrogens is 250 g/mol. The summed E-state index contributed by atoms with van der Waals surface area (Å²) in [6.07, 6.45) is 1.85. The Labute approximate surface area is 110 Å². The summed E-state index contributed by atoms with van der Waals surface area (Å²) in [5.41, 5.74) is 0.935. The van der Waals surface area contributed by atoms with Gasteiger partial charge in [0.25, 0.3) is 0 Å². The Morgan fingerprint density at radius 2 is 2.33 bits per heavy atom. The second kappa shape index (κ2) is 4.71. The molecule has 0 fully saturated rings. The van der Waals surface area contributed by atoms with Gasteiger partial charge in [-0.05, 0) is 18.6 Å². The molecule has 1 N–H and O–H groups in total. The van der Waals surface area contributed by atoms with Crippen LogP contribution >= 0.6 is 11.6 Å². The van der Waals surface area contributed by atoms with E-state index in [0.29, 0.717) is 16.8 Å². The summed E-state index contributed by atoms with van der Waals surface area (Å²) in [5.74, 6) is 2.01. The zero-order valence-electron chi connectivity index (χ0n) is 9.88. The third-order valence-electron chi connectivity index (χ3n) is 3.30. The molecule has 1 aromatic carbocycles. The minimum absolute atomic E-state index is 0.214. The first kappa shape index (κ1) is 11.7. The van der Waals surface area contributed by atoms with E-state index in [1.807, 2.05) is 28.9 Å². The standard InChI is InChI=1S/C13H14ClN3O/c14-11-3-1-2-10(6-11)13-15-12-5-4-9(8-18)7-17(12)16-13/h1-3,6,9,18H,4-5,7-8H2. The number of aliphatic hydroxyl groups is 1. The Morgan fingerprint density at radius 3 is 3.11 bits per heavy atom. The summed E-state index contributed by atoms with van der Waals surface area (Å²) in [6, 6.07) is 7.56. The number of aryl methyl sites for hydroxylation is 1. The predicted octanol–water partition coefficient (Wildman–Crippen LogP) is 2.15. The summed E-state index contributed by atoms with van der Waals surface area (Å²) in [4.78, 5) is 4.54. The van der Waals surface area contributed by atoms with Crippen LogP contribution in [0.15, 0.2) is 24.3 Å². The molecule has 0 spiro atoms. The van der Waals surface area contributed by atoms with E-state index < -0.39 is 0 Å². The van der Waals surface area contributed by atoms with Gasteiger partial charge in [-0.3, -0.25) is 0 Å². The van der Waals surface area contributed by atoms with Crippen molar-refractivity contribution in [2.24, 2.45) is 5.92 Å². The van der Waals surface area contributed by atoms with Crippen molar-refractivity contribution in [1.82, 2.24) is 14.8 Å². The van der Waals surface area contributed by atoms with Gasteiger partial charge in [-0.1, -0.05) is 23.7 Å². The second-order valence-corrected chi connectivity index (χ2v) is 5.07. The van der Waals surface area contributed by atoms with Gasteiger partial charge in [0.1, 0.15) is 5.82 Å². The number of fused-ring (bicyclic) bond motifs is 1. The minimum atomic E-state index is 0.214. The Hall–Kier alpha value is -1.39. The summed E-state index contributed by atoms with van der Waals surface area (Å²) in [7, 11) is 0. The van der Waals surface area contributed by atoms with Crippen LogP contribution in [0.1, 0.15) is 12.2 Å². The van der Waals surface area contributed by atoms with Crippen LogP contribution in [0.4, 0.5) is 0 Å². The van der Waals surface area contributed by atoms with Crippen LogP contribution in [-0.2, 0) is 13.0 Å². The third-order valence-corrected chi connectivity index (χ3v) is 3.53. The highest BCUT2D eigenvalue weighted by Crippen LogP contribution is 2.23. The molecule has 0 bridgehead atoms. The number of benzene rings is 1. The molecule has 2 aromatic rings. The zero-order chi connectivity index (χ0) is 12.5. The molecule has 2 heterocycles. The highest BCUT2D eigenvalue weighted by molar-refractivity contribution is 6.30. The fourth-order valence-electron chi connectivity index (χ4n) is 2.27. The molecule has 0 amide bonds. The van der Waals surface area contributed by atoms with Crippen LogP contribution in [-0.4, -0.2) is 26.5 Å². The van der Waals surface area contributed by atoms with E-state index in [-0.39, 0.29) is 6.61 Å². The minimum Gasteiger partial charge on any atom is -0.396 e. The smallest absolute Gasteiger partial charge is 0.181 e. The van der Waals surface area contributed by atoms with E-state index in [0.717, 1.165) is 30.8 Å². The molecule has 94 valence electrons. The number of aliphatic hydroxyl groups excluding tert-OH is 1. The molecule has 0 aliphatic carbocycles. The van der Waals surface area contributed by atoms with Crippen molar-refractivity contribution in [3.05, 3.63) is 35.1 Å². The van der Waals surface area contributed by atoms with Crippen molar-refractivity contribution in [3.63, 3.8) is 0 Å². The van der Waals surface area contributed by atoms with E-state index in [1.165, 1.54) is 0 Å². The quantitative estimate of drug-likeness (QED) is 0.903. The number of hydrogen-bond acceptors (Lipinski definition) is 3. The van der Waals surface area contributed by atoms with Crippen molar-refractivity contribution in [3.8, 4) is 11.4 Å². The van der Waals surface area contributed by atoms with Gasteiger partial charge >= 0.3 is 0 Å². The summed E-state index contributed by atoms with van der Waals surface area (Å²) in [5, 5.41) is 14.4. The van der Waals surface area contributed by atoms with Gasteiger partial charge in [0.15, 0.2) is 5.82 Å². The van der Waals surface area contributed by atoms with Gasteiger partial charge in [0, 0.05) is 36.1 Å². The van der Waals surface area contributed by atoms with Crippen LogP contribution in [0, 0.1) is 5.92 Å². The van der Waals surface area contributed by atoms with Gasteiger partial charge in [-0.2, -0.15) is 5.10 Å². The monoisotopic (exact) mass is 263 g/mol. The molecule has 4 nitrogen and oxygen atoms in total. The molecule has 3 rings (SSSR count). The van der Waals surface area contributed by atoms with E-state index in [4.69, 9.17) is 11.6 Å². The van der Waals surface area contributed by atoms with E-state index in [9.17, 15) is 5.11 Å². The molecule has 1 atom stereocenters. The normalized spacial score (nSPS) is 18.7. The highest BCUT2D eigenvalue weighted by atomic mass is 35.5. The van der Waals surface area contributed by atoms with Crippen LogP contribution in [0.3, 0.4) is 0 Å². The maximum atomic E-state index is 9.20. The molecule has 0 radical (unpaired) electrons. The highest BCUT2D eigenvalue weighted by Gasteiger charge is 2.21. The molecule has 0 saturated heterocycles. The first-order valence-corrected chi connectivity index (χ1v) is 6.44. The molecule has 1 aromatic heterocycles. The lowest BCUT2D eigenvalue weighted by Gasteiger charge is -2.19. The maximum Gasteiger partial charge on any atom is 0.181 e. The largest absolute Gasteiger partial charge is 0.396 e. The van der Waals surface area contributed by atoms with Crippen molar-refractivity contribution in [1.29, 1.82) is 0 Å². The van der Waals surface area contributed by atoms with Crippen molar-refractivity contribution >= 4 is 11.6 Å². The number of hydrogen-bond donors (Lipinski definition) is 1. The summed E-state index contributed by atoms with van der Waals surface area (Å²) in [6.45, 7) is 0.963. The second-order valence-electron chi connectivity index (χ2n) is 4.63. The Balaban J connectivity index is 1.94. The summed E-state index contributed by atoms with van der Waals surface area (Å²) < 4.78 is 1.90. The van der Waals surface area contributed by atoms with Gasteiger partial charge in [0.2, 0.25) is 0 Å². The SMILES string of the molecule is OCC1CCc2nc(-c3cccc(Cl)c3)nn2C1. The molecule has 5 heteroatoms. The zero-order valence-corrected chi connectivity index (χ0v) is 10.6. The lowest BCUT2D eigenvalue weighted by molar-refractivity contribution is 0.185.